The van der Waals surface area contributed by atoms with Crippen LogP contribution in [0.3, 0.4) is 0 Å². The van der Waals surface area contributed by atoms with Gasteiger partial charge in [-0.2, -0.15) is 8.42 Å². The zero-order valence-electron chi connectivity index (χ0n) is 9.65. The van der Waals surface area contributed by atoms with Crippen molar-refractivity contribution >= 4 is 28.0 Å². The van der Waals surface area contributed by atoms with Crippen LogP contribution in [0.2, 0.25) is 0 Å². The molecule has 1 aliphatic heterocycles. The highest BCUT2D eigenvalue weighted by atomic mass is 32.2. The fourth-order valence-corrected chi connectivity index (χ4v) is 2.72. The van der Waals surface area contributed by atoms with E-state index in [4.69, 9.17) is 5.11 Å². The summed E-state index contributed by atoms with van der Waals surface area (Å²) in [5.74, 6) is -1.56. The molecule has 0 saturated carbocycles. The highest BCUT2D eigenvalue weighted by Gasteiger charge is 2.26. The van der Waals surface area contributed by atoms with Crippen LogP contribution in [0.4, 0.5) is 5.69 Å². The number of fused-ring (bicyclic) bond motifs is 1. The van der Waals surface area contributed by atoms with Crippen molar-refractivity contribution in [2.45, 2.75) is 11.8 Å². The highest BCUT2D eigenvalue weighted by Crippen LogP contribution is 2.29. The number of hydrogen-bond donors (Lipinski definition) is 1. The number of anilines is 1. The summed E-state index contributed by atoms with van der Waals surface area (Å²) >= 11 is 0. The largest absolute Gasteiger partial charge is 0.481 e. The van der Waals surface area contributed by atoms with Crippen molar-refractivity contribution in [3.8, 4) is 0 Å². The molecule has 1 N–H and O–H groups in total. The van der Waals surface area contributed by atoms with Gasteiger partial charge in [0.15, 0.2) is 0 Å². The monoisotopic (exact) mass is 268 g/mol. The van der Waals surface area contributed by atoms with Crippen molar-refractivity contribution in [1.29, 1.82) is 0 Å². The van der Waals surface area contributed by atoms with E-state index in [1.54, 1.807) is 25.1 Å². The molecule has 1 aliphatic rings. The summed E-state index contributed by atoms with van der Waals surface area (Å²) in [5, 5.41) is 8.87. The number of para-hydroxylation sites is 1. The van der Waals surface area contributed by atoms with Gasteiger partial charge in [0.2, 0.25) is 0 Å². The van der Waals surface area contributed by atoms with E-state index in [0.29, 0.717) is 5.69 Å². The molecule has 0 radical (unpaired) electrons. The number of carbonyl (C=O) groups is 1. The zero-order chi connectivity index (χ0) is 13.3. The van der Waals surface area contributed by atoms with Crippen LogP contribution in [-0.4, -0.2) is 32.4 Å². The van der Waals surface area contributed by atoms with Crippen LogP contribution in [0.25, 0.3) is 0 Å². The van der Waals surface area contributed by atoms with Gasteiger partial charge >= 0.3 is 5.97 Å². The minimum Gasteiger partial charge on any atom is -0.481 e. The summed E-state index contributed by atoms with van der Waals surface area (Å²) in [4.78, 5) is 12.5. The maximum Gasteiger partial charge on any atom is 0.308 e. The molecule has 1 unspecified atom stereocenters. The standard InChI is InChI=1S/C11H12N2O4S/c1-8(11(14)15)6-13-7-12-18(16,17)10-5-3-2-4-9(10)13/h2-5,7-8H,6H2,1H3,(H,14,15). The maximum atomic E-state index is 11.7. The lowest BCUT2D eigenvalue weighted by Gasteiger charge is -2.26. The van der Waals surface area contributed by atoms with Gasteiger partial charge in [0, 0.05) is 6.54 Å². The van der Waals surface area contributed by atoms with Crippen molar-refractivity contribution in [2.24, 2.45) is 10.3 Å². The van der Waals surface area contributed by atoms with E-state index in [1.807, 2.05) is 0 Å². The number of nitrogens with zero attached hydrogens (tertiary/aromatic N) is 2. The van der Waals surface area contributed by atoms with Crippen LogP contribution in [-0.2, 0) is 14.8 Å². The summed E-state index contributed by atoms with van der Waals surface area (Å²) in [6.45, 7) is 1.73. The third-order valence-electron chi connectivity index (χ3n) is 2.67. The van der Waals surface area contributed by atoms with Gasteiger partial charge in [0.25, 0.3) is 10.0 Å². The fraction of sp³-hybridized carbons (Fsp3) is 0.273. The molecule has 0 bridgehead atoms. The highest BCUT2D eigenvalue weighted by molar-refractivity contribution is 7.90. The third kappa shape index (κ3) is 2.21. The van der Waals surface area contributed by atoms with Gasteiger partial charge in [-0.3, -0.25) is 4.79 Å². The molecule has 0 amide bonds. The molecule has 18 heavy (non-hydrogen) atoms. The molecule has 7 heteroatoms. The second-order valence-corrected chi connectivity index (χ2v) is 5.66. The molecule has 0 spiro atoms. The van der Waals surface area contributed by atoms with Crippen LogP contribution in [0, 0.1) is 5.92 Å². The minimum atomic E-state index is -3.65. The van der Waals surface area contributed by atoms with Gasteiger partial charge < -0.3 is 10.0 Å². The Morgan fingerprint density at radius 3 is 2.78 bits per heavy atom. The first-order chi connectivity index (χ1) is 8.42. The summed E-state index contributed by atoms with van der Waals surface area (Å²) in [6.07, 6.45) is 1.16. The Labute approximate surface area is 105 Å². The number of hydrogen-bond acceptors (Lipinski definition) is 4. The second kappa shape index (κ2) is 4.41. The van der Waals surface area contributed by atoms with Crippen LogP contribution in [0.15, 0.2) is 33.6 Å². The lowest BCUT2D eigenvalue weighted by Crippen LogP contribution is -2.33. The molecular weight excluding hydrogens is 256 g/mol. The van der Waals surface area contributed by atoms with E-state index in [1.165, 1.54) is 11.0 Å². The average molecular weight is 268 g/mol. The van der Waals surface area contributed by atoms with Gasteiger partial charge in [-0.1, -0.05) is 19.1 Å². The molecule has 96 valence electrons. The van der Waals surface area contributed by atoms with Crippen molar-refractivity contribution in [1.82, 2.24) is 0 Å². The number of carboxylic acid groups (broad SMARTS) is 1. The maximum absolute atomic E-state index is 11.7. The molecule has 0 aliphatic carbocycles. The number of sulfonamides is 1. The van der Waals surface area contributed by atoms with Gasteiger partial charge in [0.1, 0.15) is 11.2 Å². The van der Waals surface area contributed by atoms with Gasteiger partial charge in [-0.25, -0.2) is 0 Å². The first-order valence-electron chi connectivity index (χ1n) is 5.31. The van der Waals surface area contributed by atoms with Crippen molar-refractivity contribution in [3.05, 3.63) is 24.3 Å². The number of carboxylic acids is 1. The average Bonchev–Trinajstić information content (AvgIpc) is 2.33. The molecule has 0 aromatic heterocycles. The van der Waals surface area contributed by atoms with E-state index in [-0.39, 0.29) is 11.4 Å². The lowest BCUT2D eigenvalue weighted by molar-refractivity contribution is -0.140. The summed E-state index contributed by atoms with van der Waals surface area (Å²) in [7, 11) is -3.65. The van der Waals surface area contributed by atoms with E-state index >= 15 is 0 Å². The van der Waals surface area contributed by atoms with Crippen LogP contribution >= 0.6 is 0 Å². The lowest BCUT2D eigenvalue weighted by atomic mass is 10.1. The Bertz CT molecular complexity index is 609. The summed E-state index contributed by atoms with van der Waals surface area (Å²) in [5.41, 5.74) is 0.459. The Morgan fingerprint density at radius 1 is 1.44 bits per heavy atom. The summed E-state index contributed by atoms with van der Waals surface area (Å²) in [6, 6.07) is 6.40. The van der Waals surface area contributed by atoms with Crippen molar-refractivity contribution in [2.75, 3.05) is 11.4 Å². The van der Waals surface area contributed by atoms with E-state index < -0.39 is 21.9 Å². The molecule has 1 heterocycles. The molecule has 6 nitrogen and oxygen atoms in total. The first-order valence-corrected chi connectivity index (χ1v) is 6.75. The van der Waals surface area contributed by atoms with Crippen LogP contribution in [0.5, 0.6) is 0 Å². The topological polar surface area (TPSA) is 87.0 Å². The predicted molar refractivity (Wildman–Crippen MR) is 66.3 cm³/mol. The Hall–Kier alpha value is -1.89. The normalized spacial score (nSPS) is 18.2. The molecule has 2 rings (SSSR count). The van der Waals surface area contributed by atoms with E-state index in [2.05, 4.69) is 4.40 Å². The molecule has 1 aromatic carbocycles. The van der Waals surface area contributed by atoms with E-state index in [0.717, 1.165) is 6.34 Å². The Morgan fingerprint density at radius 2 is 2.11 bits per heavy atom. The molecule has 0 fully saturated rings. The van der Waals surface area contributed by atoms with Gasteiger partial charge in [-0.05, 0) is 12.1 Å². The Kier molecular flexibility index (Phi) is 3.08. The molecule has 1 aromatic rings. The Balaban J connectivity index is 2.39. The zero-order valence-corrected chi connectivity index (χ0v) is 10.5. The second-order valence-electron chi connectivity index (χ2n) is 4.06. The van der Waals surface area contributed by atoms with Crippen LogP contribution < -0.4 is 4.90 Å². The number of aliphatic carboxylic acids is 1. The fourth-order valence-electron chi connectivity index (χ4n) is 1.67. The van der Waals surface area contributed by atoms with Gasteiger partial charge in [-0.15, -0.1) is 4.40 Å². The number of benzene rings is 1. The quantitative estimate of drug-likeness (QED) is 0.881. The molecule has 0 saturated heterocycles. The van der Waals surface area contributed by atoms with Gasteiger partial charge in [0.05, 0.1) is 11.6 Å². The number of rotatable bonds is 3. The minimum absolute atomic E-state index is 0.102. The van der Waals surface area contributed by atoms with Crippen molar-refractivity contribution < 1.29 is 18.3 Å². The van der Waals surface area contributed by atoms with Crippen LogP contribution in [0.1, 0.15) is 6.92 Å². The first kappa shape index (κ1) is 12.6. The van der Waals surface area contributed by atoms with Crippen molar-refractivity contribution in [3.63, 3.8) is 0 Å². The molecular formula is C11H12N2O4S. The van der Waals surface area contributed by atoms with E-state index in [9.17, 15) is 13.2 Å². The summed E-state index contributed by atoms with van der Waals surface area (Å²) < 4.78 is 26.9. The third-order valence-corrected chi connectivity index (χ3v) is 3.94. The predicted octanol–water partition coefficient (Wildman–Crippen LogP) is 0.944. The SMILES string of the molecule is CC(CN1C=NS(=O)(=O)c2ccccc21)C(=O)O. The smallest absolute Gasteiger partial charge is 0.308 e. The molecule has 1 atom stereocenters.